The van der Waals surface area contributed by atoms with Gasteiger partial charge in [0.15, 0.2) is 5.13 Å². The van der Waals surface area contributed by atoms with Gasteiger partial charge in [-0.2, -0.15) is 0 Å². The molecule has 0 bridgehead atoms. The first kappa shape index (κ1) is 17.2. The predicted molar refractivity (Wildman–Crippen MR) is 96.3 cm³/mol. The maximum atomic E-state index is 13.0. The molecule has 0 spiro atoms. The van der Waals surface area contributed by atoms with Gasteiger partial charge >= 0.3 is 0 Å². The van der Waals surface area contributed by atoms with E-state index in [1.807, 2.05) is 0 Å². The van der Waals surface area contributed by atoms with Crippen molar-refractivity contribution >= 4 is 44.0 Å². The van der Waals surface area contributed by atoms with Gasteiger partial charge in [0.2, 0.25) is 0 Å². The number of nitro benzene ring substituents is 1. The van der Waals surface area contributed by atoms with Crippen LogP contribution in [0, 0.1) is 15.9 Å². The SMILES string of the molecule is O=C(Nc1nc(-c2ccc(F)cc2)cs1)c1ccc(Br)c([N+](=O)[O-])c1. The lowest BCUT2D eigenvalue weighted by atomic mass is 10.2. The number of thiazole rings is 1. The molecule has 0 radical (unpaired) electrons. The third kappa shape index (κ3) is 3.89. The lowest BCUT2D eigenvalue weighted by molar-refractivity contribution is -0.385. The summed E-state index contributed by atoms with van der Waals surface area (Å²) in [6.45, 7) is 0. The molecule has 9 heteroatoms. The smallest absolute Gasteiger partial charge is 0.284 e. The molecule has 126 valence electrons. The van der Waals surface area contributed by atoms with E-state index in [1.165, 1.54) is 41.7 Å². The largest absolute Gasteiger partial charge is 0.298 e. The van der Waals surface area contributed by atoms with Gasteiger partial charge in [-0.3, -0.25) is 20.2 Å². The summed E-state index contributed by atoms with van der Waals surface area (Å²) in [7, 11) is 0. The van der Waals surface area contributed by atoms with E-state index in [9.17, 15) is 19.3 Å². The number of carbonyl (C=O) groups excluding carboxylic acids is 1. The monoisotopic (exact) mass is 421 g/mol. The highest BCUT2D eigenvalue weighted by atomic mass is 79.9. The molecular formula is C16H9BrFN3O3S. The van der Waals surface area contributed by atoms with Gasteiger partial charge in [-0.05, 0) is 52.3 Å². The summed E-state index contributed by atoms with van der Waals surface area (Å²) in [5.74, 6) is -0.847. The Morgan fingerprint density at radius 2 is 1.96 bits per heavy atom. The van der Waals surface area contributed by atoms with Crippen LogP contribution in [0.15, 0.2) is 52.3 Å². The predicted octanol–water partition coefficient (Wildman–Crippen LogP) is 4.87. The Balaban J connectivity index is 1.79. The van der Waals surface area contributed by atoms with Crippen molar-refractivity contribution in [3.8, 4) is 11.3 Å². The first-order chi connectivity index (χ1) is 11.9. The van der Waals surface area contributed by atoms with E-state index in [0.29, 0.717) is 15.3 Å². The topological polar surface area (TPSA) is 85.1 Å². The van der Waals surface area contributed by atoms with E-state index in [4.69, 9.17) is 0 Å². The number of hydrogen-bond donors (Lipinski definition) is 1. The van der Waals surface area contributed by atoms with Gasteiger partial charge in [0.1, 0.15) is 5.82 Å². The lowest BCUT2D eigenvalue weighted by Gasteiger charge is -2.03. The van der Waals surface area contributed by atoms with Crippen molar-refractivity contribution in [2.24, 2.45) is 0 Å². The van der Waals surface area contributed by atoms with Crippen molar-refractivity contribution in [1.82, 2.24) is 4.98 Å². The molecule has 6 nitrogen and oxygen atoms in total. The second-order valence-electron chi connectivity index (χ2n) is 4.92. The summed E-state index contributed by atoms with van der Waals surface area (Å²) in [6, 6.07) is 9.94. The van der Waals surface area contributed by atoms with Crippen LogP contribution in [-0.4, -0.2) is 15.8 Å². The van der Waals surface area contributed by atoms with Crippen LogP contribution >= 0.6 is 27.3 Å². The Morgan fingerprint density at radius 1 is 1.24 bits per heavy atom. The molecule has 1 aromatic heterocycles. The molecule has 0 aliphatic rings. The Bertz CT molecular complexity index is 960. The molecule has 25 heavy (non-hydrogen) atoms. The number of nitrogens with zero attached hydrogens (tertiary/aromatic N) is 2. The number of nitrogens with one attached hydrogen (secondary N) is 1. The van der Waals surface area contributed by atoms with E-state index in [0.717, 1.165) is 5.56 Å². The van der Waals surface area contributed by atoms with Crippen molar-refractivity contribution in [2.75, 3.05) is 5.32 Å². The van der Waals surface area contributed by atoms with Crippen LogP contribution in [-0.2, 0) is 0 Å². The highest BCUT2D eigenvalue weighted by Crippen LogP contribution is 2.28. The zero-order chi connectivity index (χ0) is 18.0. The maximum Gasteiger partial charge on any atom is 0.284 e. The molecule has 0 fully saturated rings. The first-order valence-corrected chi connectivity index (χ1v) is 8.58. The standard InChI is InChI=1S/C16H9BrFN3O3S/c17-12-6-3-10(7-14(12)21(23)24)15(22)20-16-19-13(8-25-16)9-1-4-11(18)5-2-9/h1-8H,(H,19,20,22). The molecule has 0 aliphatic carbocycles. The third-order valence-corrected chi connectivity index (χ3v) is 4.70. The van der Waals surface area contributed by atoms with E-state index in [2.05, 4.69) is 26.2 Å². The average Bonchev–Trinajstić information content (AvgIpc) is 3.04. The highest BCUT2D eigenvalue weighted by molar-refractivity contribution is 9.10. The quantitative estimate of drug-likeness (QED) is 0.480. The normalized spacial score (nSPS) is 10.5. The van der Waals surface area contributed by atoms with Gasteiger partial charge in [0.25, 0.3) is 11.6 Å². The van der Waals surface area contributed by atoms with Crippen LogP contribution < -0.4 is 5.32 Å². The number of benzene rings is 2. The van der Waals surface area contributed by atoms with Crippen molar-refractivity contribution in [2.45, 2.75) is 0 Å². The van der Waals surface area contributed by atoms with E-state index in [-0.39, 0.29) is 17.1 Å². The van der Waals surface area contributed by atoms with Crippen LogP contribution in [0.2, 0.25) is 0 Å². The Kier molecular flexibility index (Phi) is 4.86. The molecule has 3 aromatic rings. The van der Waals surface area contributed by atoms with Crippen LogP contribution in [0.25, 0.3) is 11.3 Å². The highest BCUT2D eigenvalue weighted by Gasteiger charge is 2.17. The molecule has 3 rings (SSSR count). The van der Waals surface area contributed by atoms with Crippen LogP contribution in [0.4, 0.5) is 15.2 Å². The fourth-order valence-corrected chi connectivity index (χ4v) is 3.15. The first-order valence-electron chi connectivity index (χ1n) is 6.91. The number of aromatic nitrogens is 1. The summed E-state index contributed by atoms with van der Waals surface area (Å²) in [5, 5.41) is 15.6. The summed E-state index contributed by atoms with van der Waals surface area (Å²) in [4.78, 5) is 26.9. The number of halogens is 2. The Morgan fingerprint density at radius 3 is 2.64 bits per heavy atom. The second-order valence-corrected chi connectivity index (χ2v) is 6.63. The minimum Gasteiger partial charge on any atom is -0.298 e. The molecule has 0 saturated carbocycles. The fraction of sp³-hybridized carbons (Fsp3) is 0. The molecule has 0 unspecified atom stereocenters. The number of hydrogen-bond acceptors (Lipinski definition) is 5. The van der Waals surface area contributed by atoms with Crippen LogP contribution in [0.1, 0.15) is 10.4 Å². The Labute approximate surface area is 153 Å². The fourth-order valence-electron chi connectivity index (χ4n) is 2.05. The minimum atomic E-state index is -0.573. The van der Waals surface area contributed by atoms with Gasteiger partial charge in [0, 0.05) is 22.6 Å². The number of carbonyl (C=O) groups is 1. The number of amides is 1. The van der Waals surface area contributed by atoms with Gasteiger partial charge in [0.05, 0.1) is 15.1 Å². The van der Waals surface area contributed by atoms with E-state index < -0.39 is 10.8 Å². The minimum absolute atomic E-state index is 0.147. The number of rotatable bonds is 4. The summed E-state index contributed by atoms with van der Waals surface area (Å²) in [6.07, 6.45) is 0. The van der Waals surface area contributed by atoms with Gasteiger partial charge in [-0.1, -0.05) is 0 Å². The Hall–Kier alpha value is -2.65. The van der Waals surface area contributed by atoms with E-state index in [1.54, 1.807) is 17.5 Å². The van der Waals surface area contributed by atoms with Crippen molar-refractivity contribution in [3.05, 3.63) is 73.8 Å². The summed E-state index contributed by atoms with van der Waals surface area (Å²) < 4.78 is 13.3. The van der Waals surface area contributed by atoms with Crippen LogP contribution in [0.3, 0.4) is 0 Å². The maximum absolute atomic E-state index is 13.0. The second kappa shape index (κ2) is 7.08. The molecule has 0 atom stereocenters. The van der Waals surface area contributed by atoms with Crippen molar-refractivity contribution in [3.63, 3.8) is 0 Å². The van der Waals surface area contributed by atoms with Crippen molar-refractivity contribution in [1.29, 1.82) is 0 Å². The molecule has 1 amide bonds. The third-order valence-electron chi connectivity index (χ3n) is 3.27. The van der Waals surface area contributed by atoms with Gasteiger partial charge < -0.3 is 0 Å². The molecule has 0 aliphatic heterocycles. The lowest BCUT2D eigenvalue weighted by Crippen LogP contribution is -2.12. The van der Waals surface area contributed by atoms with Crippen LogP contribution in [0.5, 0.6) is 0 Å². The zero-order valence-electron chi connectivity index (χ0n) is 12.4. The molecule has 0 saturated heterocycles. The zero-order valence-corrected chi connectivity index (χ0v) is 14.8. The molecular weight excluding hydrogens is 413 g/mol. The molecule has 1 N–H and O–H groups in total. The average molecular weight is 422 g/mol. The van der Waals surface area contributed by atoms with Gasteiger partial charge in [-0.15, -0.1) is 11.3 Å². The number of anilines is 1. The van der Waals surface area contributed by atoms with Crippen molar-refractivity contribution < 1.29 is 14.1 Å². The van der Waals surface area contributed by atoms with Gasteiger partial charge in [-0.25, -0.2) is 9.37 Å². The summed E-state index contributed by atoms with van der Waals surface area (Å²) >= 11 is 4.28. The van der Waals surface area contributed by atoms with E-state index >= 15 is 0 Å². The molecule has 1 heterocycles. The summed E-state index contributed by atoms with van der Waals surface area (Å²) in [5.41, 5.74) is 1.27. The number of nitro groups is 1. The molecule has 2 aromatic carbocycles.